The molecule has 0 unspecified atom stereocenters. The average Bonchev–Trinajstić information content (AvgIpc) is 2.00. The van der Waals surface area contributed by atoms with E-state index in [0.29, 0.717) is 0 Å². The summed E-state index contributed by atoms with van der Waals surface area (Å²) < 4.78 is 0. The molecule has 0 rings (SSSR count). The molecule has 0 bridgehead atoms. The fourth-order valence-corrected chi connectivity index (χ4v) is 0.604. The largest absolute Gasteiger partial charge is 0.350 e. The summed E-state index contributed by atoms with van der Waals surface area (Å²) in [7, 11) is 3.83. The summed E-state index contributed by atoms with van der Waals surface area (Å²) in [6.45, 7) is 0.656. The van der Waals surface area contributed by atoms with E-state index in [4.69, 9.17) is 0 Å². The number of nitrogens with one attached hydrogen (secondary N) is 1. The average molecular weight is 171 g/mol. The number of carbonyl (C=O) groups is 1. The Balaban J connectivity index is 3.47. The van der Waals surface area contributed by atoms with Crippen LogP contribution in [-0.4, -0.2) is 44.6 Å². The van der Waals surface area contributed by atoms with Crippen LogP contribution in [0.5, 0.6) is 0 Å². The third-order valence-corrected chi connectivity index (χ3v) is 1.14. The molecule has 0 fully saturated rings. The molecule has 0 saturated heterocycles. The van der Waals surface area contributed by atoms with Crippen LogP contribution in [0, 0.1) is 0 Å². The number of rotatable bonds is 5. The van der Waals surface area contributed by atoms with Gasteiger partial charge >= 0.3 is 0 Å². The van der Waals surface area contributed by atoms with Crippen molar-refractivity contribution in [3.63, 3.8) is 0 Å². The normalized spacial score (nSPS) is 11.0. The molecule has 4 nitrogen and oxygen atoms in total. The van der Waals surface area contributed by atoms with Crippen molar-refractivity contribution in [1.82, 2.24) is 10.2 Å². The van der Waals surface area contributed by atoms with Crippen LogP contribution < -0.4 is 5.32 Å². The lowest BCUT2D eigenvalue weighted by Crippen LogP contribution is -2.24. The Bertz CT molecular complexity index is 155. The quantitative estimate of drug-likeness (QED) is 0.575. The first-order valence-electron chi connectivity index (χ1n) is 3.84. The first-order chi connectivity index (χ1) is 5.66. The minimum atomic E-state index is -0.271. The highest BCUT2D eigenvalue weighted by Crippen LogP contribution is 1.77. The van der Waals surface area contributed by atoms with Gasteiger partial charge in [0, 0.05) is 19.2 Å². The number of hydrogen-bond acceptors (Lipinski definition) is 2. The second-order valence-electron chi connectivity index (χ2n) is 2.66. The van der Waals surface area contributed by atoms with Gasteiger partial charge in [0.05, 0.1) is 6.61 Å². The minimum Gasteiger partial charge on any atom is -0.350 e. The number of likely N-dealkylation sites (N-methyl/N-ethyl adjacent to an activating group) is 1. The molecule has 1 radical (unpaired) electrons. The summed E-state index contributed by atoms with van der Waals surface area (Å²) in [5.41, 5.74) is 0. The number of hydrogen-bond donors (Lipinski definition) is 1. The molecule has 0 aromatic carbocycles. The number of nitrogens with zero attached hydrogens (tertiary/aromatic N) is 1. The van der Waals surface area contributed by atoms with E-state index in [1.807, 2.05) is 19.0 Å². The van der Waals surface area contributed by atoms with E-state index >= 15 is 0 Å². The molecule has 0 aromatic rings. The summed E-state index contributed by atoms with van der Waals surface area (Å²) in [6, 6.07) is 0. The zero-order chi connectivity index (χ0) is 9.40. The molecule has 1 amide bonds. The van der Waals surface area contributed by atoms with Crippen LogP contribution in [0.3, 0.4) is 0 Å². The smallest absolute Gasteiger partial charge is 0.243 e. The maximum Gasteiger partial charge on any atom is 0.243 e. The Morgan fingerprint density at radius 3 is 2.67 bits per heavy atom. The summed E-state index contributed by atoms with van der Waals surface area (Å²) in [6.07, 6.45) is 3.19. The minimum absolute atomic E-state index is 0.200. The Morgan fingerprint density at radius 2 is 2.17 bits per heavy atom. The fraction of sp³-hybridized carbons (Fsp3) is 0.625. The van der Waals surface area contributed by atoms with Gasteiger partial charge in [0.2, 0.25) is 5.91 Å². The first-order valence-corrected chi connectivity index (χ1v) is 3.84. The summed E-state index contributed by atoms with van der Waals surface area (Å²) in [5.74, 6) is -0.201. The van der Waals surface area contributed by atoms with Crippen molar-refractivity contribution in [2.24, 2.45) is 0 Å². The molecule has 0 atom stereocenters. The van der Waals surface area contributed by atoms with Gasteiger partial charge in [-0.3, -0.25) is 4.79 Å². The van der Waals surface area contributed by atoms with Crippen molar-refractivity contribution in [3.8, 4) is 0 Å². The lowest BCUT2D eigenvalue weighted by atomic mass is 10.4. The van der Waals surface area contributed by atoms with Crippen LogP contribution in [0.2, 0.25) is 0 Å². The lowest BCUT2D eigenvalue weighted by molar-refractivity contribution is -0.116. The predicted octanol–water partition coefficient (Wildman–Crippen LogP) is -0.349. The van der Waals surface area contributed by atoms with Gasteiger partial charge in [0.1, 0.15) is 0 Å². The molecule has 0 heterocycles. The Labute approximate surface area is 72.9 Å². The van der Waals surface area contributed by atoms with Crippen molar-refractivity contribution in [2.75, 3.05) is 33.8 Å². The van der Waals surface area contributed by atoms with Crippen molar-refractivity contribution in [1.29, 1.82) is 0 Å². The second kappa shape index (κ2) is 6.82. The van der Waals surface area contributed by atoms with Crippen LogP contribution in [0.4, 0.5) is 0 Å². The summed E-state index contributed by atoms with van der Waals surface area (Å²) in [5, 5.41) is 12.4. The fourth-order valence-electron chi connectivity index (χ4n) is 0.604. The number of carbonyl (C=O) groups excluding carboxylic acids is 1. The molecular weight excluding hydrogens is 156 g/mol. The summed E-state index contributed by atoms with van der Waals surface area (Å²) in [4.78, 5) is 12.8. The topological polar surface area (TPSA) is 52.2 Å². The zero-order valence-corrected chi connectivity index (χ0v) is 7.54. The predicted molar refractivity (Wildman–Crippen MR) is 46.3 cm³/mol. The monoisotopic (exact) mass is 171 g/mol. The maximum atomic E-state index is 10.8. The molecule has 4 heteroatoms. The van der Waals surface area contributed by atoms with Gasteiger partial charge < -0.3 is 10.2 Å². The Kier molecular flexibility index (Phi) is 6.32. The molecule has 0 spiro atoms. The van der Waals surface area contributed by atoms with Crippen LogP contribution in [0.1, 0.15) is 0 Å². The SMILES string of the molecule is CN(C)C/C=C/C(=O)NCC[O]. The first kappa shape index (κ1) is 11.1. The van der Waals surface area contributed by atoms with Crippen molar-refractivity contribution >= 4 is 5.91 Å². The maximum absolute atomic E-state index is 10.8. The van der Waals surface area contributed by atoms with E-state index in [1.165, 1.54) is 6.08 Å². The van der Waals surface area contributed by atoms with E-state index in [-0.39, 0.29) is 19.1 Å². The van der Waals surface area contributed by atoms with Crippen molar-refractivity contribution < 1.29 is 9.90 Å². The van der Waals surface area contributed by atoms with Gasteiger partial charge in [0.15, 0.2) is 0 Å². The van der Waals surface area contributed by atoms with Crippen LogP contribution in [-0.2, 0) is 9.90 Å². The third-order valence-electron chi connectivity index (χ3n) is 1.14. The van der Waals surface area contributed by atoms with E-state index in [9.17, 15) is 9.90 Å². The standard InChI is InChI=1S/C8H15N2O2/c1-10(2)6-3-4-8(12)9-5-7-11/h3-4H,5-7H2,1-2H3,(H,9,12)/b4-3+. The third kappa shape index (κ3) is 7.24. The van der Waals surface area contributed by atoms with E-state index in [1.54, 1.807) is 6.08 Å². The van der Waals surface area contributed by atoms with E-state index in [0.717, 1.165) is 6.54 Å². The molecule has 1 N–H and O–H groups in total. The summed E-state index contributed by atoms with van der Waals surface area (Å²) >= 11 is 0. The second-order valence-corrected chi connectivity index (χ2v) is 2.66. The Morgan fingerprint density at radius 1 is 1.50 bits per heavy atom. The van der Waals surface area contributed by atoms with E-state index in [2.05, 4.69) is 5.32 Å². The van der Waals surface area contributed by atoms with Gasteiger partial charge in [-0.15, -0.1) is 0 Å². The number of amides is 1. The van der Waals surface area contributed by atoms with Gasteiger partial charge in [-0.1, -0.05) is 6.08 Å². The van der Waals surface area contributed by atoms with Crippen molar-refractivity contribution in [2.45, 2.75) is 0 Å². The molecule has 12 heavy (non-hydrogen) atoms. The highest BCUT2D eigenvalue weighted by atomic mass is 16.3. The van der Waals surface area contributed by atoms with E-state index < -0.39 is 0 Å². The van der Waals surface area contributed by atoms with Gasteiger partial charge in [0.25, 0.3) is 0 Å². The highest BCUT2D eigenvalue weighted by molar-refractivity contribution is 5.87. The lowest BCUT2D eigenvalue weighted by Gasteiger charge is -2.03. The Hall–Kier alpha value is -0.870. The molecule has 0 aliphatic carbocycles. The van der Waals surface area contributed by atoms with Gasteiger partial charge in [-0.25, -0.2) is 5.11 Å². The van der Waals surface area contributed by atoms with Gasteiger partial charge in [-0.05, 0) is 14.1 Å². The van der Waals surface area contributed by atoms with Crippen LogP contribution in [0.25, 0.3) is 0 Å². The highest BCUT2D eigenvalue weighted by Gasteiger charge is 1.92. The molecule has 0 aromatic heterocycles. The molecule has 0 aliphatic rings. The van der Waals surface area contributed by atoms with Crippen LogP contribution in [0.15, 0.2) is 12.2 Å². The molecule has 0 aliphatic heterocycles. The molecule has 69 valence electrons. The molecule has 0 saturated carbocycles. The van der Waals surface area contributed by atoms with Gasteiger partial charge in [-0.2, -0.15) is 0 Å². The van der Waals surface area contributed by atoms with Crippen LogP contribution >= 0.6 is 0 Å². The molecular formula is C8H15N2O2. The zero-order valence-electron chi connectivity index (χ0n) is 7.54. The van der Waals surface area contributed by atoms with Crippen molar-refractivity contribution in [3.05, 3.63) is 12.2 Å².